The Hall–Kier alpha value is -4.36. The zero-order valence-electron chi connectivity index (χ0n) is 21.9. The summed E-state index contributed by atoms with van der Waals surface area (Å²) in [5.74, 6) is 0.256. The van der Waals surface area contributed by atoms with E-state index in [0.29, 0.717) is 45.1 Å². The normalized spacial score (nSPS) is 13.8. The van der Waals surface area contributed by atoms with Crippen molar-refractivity contribution >= 4 is 62.2 Å². The van der Waals surface area contributed by atoms with Gasteiger partial charge >= 0.3 is 0 Å². The fourth-order valence-corrected chi connectivity index (χ4v) is 5.21. The van der Waals surface area contributed by atoms with E-state index >= 15 is 0 Å². The number of anilines is 1. The van der Waals surface area contributed by atoms with E-state index in [-0.39, 0.29) is 17.2 Å². The minimum atomic E-state index is -0.593. The summed E-state index contributed by atoms with van der Waals surface area (Å²) in [6, 6.07) is 16.1. The molecule has 3 amide bonds. The van der Waals surface area contributed by atoms with Gasteiger partial charge in [0.15, 0.2) is 11.5 Å². The number of carbonyl (C=O) groups excluding carboxylic acids is 3. The quantitative estimate of drug-likeness (QED) is 0.151. The number of non-ortho nitro benzene ring substituents is 1. The van der Waals surface area contributed by atoms with E-state index in [1.807, 2.05) is 0 Å². The zero-order valence-corrected chi connectivity index (χ0v) is 24.3. The van der Waals surface area contributed by atoms with Gasteiger partial charge in [-0.3, -0.25) is 29.4 Å². The summed E-state index contributed by atoms with van der Waals surface area (Å²) in [5, 5.41) is 13.2. The number of imide groups is 1. The summed E-state index contributed by atoms with van der Waals surface area (Å²) in [6.45, 7) is 1.74. The second-order valence-electron chi connectivity index (χ2n) is 8.52. The van der Waals surface area contributed by atoms with Crippen LogP contribution in [0, 0.1) is 10.1 Å². The van der Waals surface area contributed by atoms with Crippen molar-refractivity contribution in [2.75, 3.05) is 25.6 Å². The SMILES string of the molecule is CCOc1cc(/C=C2/SC(=O)N(CC(=O)Nc3ccc(OC)cc3)C2=O)cc(Br)c1OCc1cccc([N+](=O)[O-])c1. The third kappa shape index (κ3) is 7.44. The second-order valence-corrected chi connectivity index (χ2v) is 10.4. The summed E-state index contributed by atoms with van der Waals surface area (Å²) in [4.78, 5) is 49.7. The van der Waals surface area contributed by atoms with E-state index < -0.39 is 28.5 Å². The fourth-order valence-electron chi connectivity index (χ4n) is 3.80. The number of rotatable bonds is 11. The lowest BCUT2D eigenvalue weighted by Gasteiger charge is -2.15. The van der Waals surface area contributed by atoms with E-state index in [0.717, 1.165) is 16.7 Å². The predicted molar refractivity (Wildman–Crippen MR) is 157 cm³/mol. The van der Waals surface area contributed by atoms with Crippen molar-refractivity contribution in [2.45, 2.75) is 13.5 Å². The molecule has 0 saturated carbocycles. The largest absolute Gasteiger partial charge is 0.497 e. The molecule has 11 nitrogen and oxygen atoms in total. The Morgan fingerprint density at radius 3 is 2.56 bits per heavy atom. The lowest BCUT2D eigenvalue weighted by Crippen LogP contribution is -2.36. The lowest BCUT2D eigenvalue weighted by molar-refractivity contribution is -0.384. The van der Waals surface area contributed by atoms with Gasteiger partial charge in [0, 0.05) is 17.8 Å². The Morgan fingerprint density at radius 2 is 1.88 bits per heavy atom. The average molecular weight is 642 g/mol. The number of nitro groups is 1. The van der Waals surface area contributed by atoms with Crippen molar-refractivity contribution in [2.24, 2.45) is 0 Å². The molecule has 0 unspecified atom stereocenters. The standard InChI is InChI=1S/C28H24BrN3O8S/c1-3-39-23-13-18(12-22(29)26(23)40-16-17-5-4-6-20(11-17)32(36)37)14-24-27(34)31(28(35)41-24)15-25(33)30-19-7-9-21(38-2)10-8-19/h4-14H,3,15-16H2,1-2H3,(H,30,33)/b24-14+. The molecule has 0 bridgehead atoms. The molecule has 3 aromatic carbocycles. The summed E-state index contributed by atoms with van der Waals surface area (Å²) in [5.41, 5.74) is 1.61. The number of hydrogen-bond donors (Lipinski definition) is 1. The average Bonchev–Trinajstić information content (AvgIpc) is 3.20. The number of ether oxygens (including phenoxy) is 3. The molecule has 0 spiro atoms. The fraction of sp³-hybridized carbons (Fsp3) is 0.179. The molecule has 3 aromatic rings. The van der Waals surface area contributed by atoms with E-state index in [2.05, 4.69) is 21.2 Å². The Kier molecular flexibility index (Phi) is 9.63. The predicted octanol–water partition coefficient (Wildman–Crippen LogP) is 6.02. The maximum Gasteiger partial charge on any atom is 0.294 e. The number of amides is 3. The van der Waals surface area contributed by atoms with Crippen LogP contribution in [0.4, 0.5) is 16.2 Å². The first kappa shape index (κ1) is 29.6. The van der Waals surface area contributed by atoms with Crippen LogP contribution in [0.25, 0.3) is 6.08 Å². The molecule has 0 aliphatic carbocycles. The summed E-state index contributed by atoms with van der Waals surface area (Å²) < 4.78 is 17.3. The highest BCUT2D eigenvalue weighted by molar-refractivity contribution is 9.10. The van der Waals surface area contributed by atoms with Gasteiger partial charge in [0.2, 0.25) is 5.91 Å². The van der Waals surface area contributed by atoms with Gasteiger partial charge in [0.25, 0.3) is 16.8 Å². The smallest absolute Gasteiger partial charge is 0.294 e. The van der Waals surface area contributed by atoms with Crippen molar-refractivity contribution in [1.29, 1.82) is 0 Å². The van der Waals surface area contributed by atoms with Crippen molar-refractivity contribution < 1.29 is 33.5 Å². The first-order chi connectivity index (χ1) is 19.7. The summed E-state index contributed by atoms with van der Waals surface area (Å²) in [6.07, 6.45) is 1.53. The number of nitrogens with zero attached hydrogens (tertiary/aromatic N) is 2. The number of thioether (sulfide) groups is 1. The third-order valence-corrected chi connectivity index (χ3v) is 7.18. The number of carbonyl (C=O) groups is 3. The minimum absolute atomic E-state index is 0.0438. The molecular formula is C28H24BrN3O8S. The monoisotopic (exact) mass is 641 g/mol. The number of nitrogens with one attached hydrogen (secondary N) is 1. The lowest BCUT2D eigenvalue weighted by atomic mass is 10.1. The molecule has 1 N–H and O–H groups in total. The number of methoxy groups -OCH3 is 1. The Labute approximate surface area is 247 Å². The number of halogens is 1. The van der Waals surface area contributed by atoms with Crippen molar-refractivity contribution in [3.05, 3.63) is 91.3 Å². The van der Waals surface area contributed by atoms with Crippen LogP contribution in [0.3, 0.4) is 0 Å². The zero-order chi connectivity index (χ0) is 29.5. The van der Waals surface area contributed by atoms with E-state index in [9.17, 15) is 24.5 Å². The van der Waals surface area contributed by atoms with Gasteiger partial charge in [-0.15, -0.1) is 0 Å². The number of benzene rings is 3. The molecule has 41 heavy (non-hydrogen) atoms. The Bertz CT molecular complexity index is 1530. The maximum atomic E-state index is 13.0. The number of nitro benzene ring substituents is 1. The number of hydrogen-bond acceptors (Lipinski definition) is 9. The first-order valence-electron chi connectivity index (χ1n) is 12.2. The van der Waals surface area contributed by atoms with Gasteiger partial charge in [-0.05, 0) is 88.2 Å². The van der Waals surface area contributed by atoms with Gasteiger partial charge in [0.05, 0.1) is 28.0 Å². The van der Waals surface area contributed by atoms with Gasteiger partial charge in [0.1, 0.15) is 18.9 Å². The van der Waals surface area contributed by atoms with Crippen LogP contribution >= 0.6 is 27.7 Å². The maximum absolute atomic E-state index is 13.0. The van der Waals surface area contributed by atoms with E-state index in [1.54, 1.807) is 55.5 Å². The molecular weight excluding hydrogens is 618 g/mol. The van der Waals surface area contributed by atoms with Crippen LogP contribution in [0.2, 0.25) is 0 Å². The topological polar surface area (TPSA) is 137 Å². The minimum Gasteiger partial charge on any atom is -0.497 e. The third-order valence-electron chi connectivity index (χ3n) is 5.68. The van der Waals surface area contributed by atoms with E-state index in [4.69, 9.17) is 14.2 Å². The van der Waals surface area contributed by atoms with E-state index in [1.165, 1.54) is 25.3 Å². The molecule has 0 radical (unpaired) electrons. The molecule has 1 heterocycles. The van der Waals surface area contributed by atoms with Crippen molar-refractivity contribution in [1.82, 2.24) is 4.90 Å². The molecule has 13 heteroatoms. The second kappa shape index (κ2) is 13.3. The van der Waals surface area contributed by atoms with Gasteiger partial charge < -0.3 is 19.5 Å². The van der Waals surface area contributed by atoms with Crippen LogP contribution in [0.15, 0.2) is 70.0 Å². The highest BCUT2D eigenvalue weighted by Crippen LogP contribution is 2.40. The molecule has 0 aromatic heterocycles. The Balaban J connectivity index is 1.47. The first-order valence-corrected chi connectivity index (χ1v) is 13.8. The molecule has 4 rings (SSSR count). The van der Waals surface area contributed by atoms with Gasteiger partial charge in [-0.1, -0.05) is 12.1 Å². The highest BCUT2D eigenvalue weighted by Gasteiger charge is 2.36. The highest BCUT2D eigenvalue weighted by atomic mass is 79.9. The Morgan fingerprint density at radius 1 is 1.12 bits per heavy atom. The molecule has 212 valence electrons. The van der Waals surface area contributed by atoms with Crippen LogP contribution in [0.1, 0.15) is 18.1 Å². The molecule has 1 aliphatic heterocycles. The van der Waals surface area contributed by atoms with Gasteiger partial charge in [-0.25, -0.2) is 0 Å². The molecule has 1 aliphatic rings. The van der Waals surface area contributed by atoms with Crippen LogP contribution in [0.5, 0.6) is 17.2 Å². The van der Waals surface area contributed by atoms with Crippen molar-refractivity contribution in [3.8, 4) is 17.2 Å². The summed E-state index contributed by atoms with van der Waals surface area (Å²) >= 11 is 4.20. The van der Waals surface area contributed by atoms with Crippen LogP contribution < -0.4 is 19.5 Å². The molecule has 1 saturated heterocycles. The van der Waals surface area contributed by atoms with Crippen LogP contribution in [-0.2, 0) is 16.2 Å². The summed E-state index contributed by atoms with van der Waals surface area (Å²) in [7, 11) is 1.53. The molecule has 1 fully saturated rings. The van der Waals surface area contributed by atoms with Gasteiger partial charge in [-0.2, -0.15) is 0 Å². The van der Waals surface area contributed by atoms with Crippen LogP contribution in [-0.4, -0.2) is 47.1 Å². The van der Waals surface area contributed by atoms with Crippen molar-refractivity contribution in [3.63, 3.8) is 0 Å². The molecule has 0 atom stereocenters.